The van der Waals surface area contributed by atoms with E-state index in [-0.39, 0.29) is 25.4 Å². The molecule has 0 bridgehead atoms. The molecule has 1 spiro atoms. The maximum Gasteiger partial charge on any atom is 0.325 e. The Hall–Kier alpha value is -2.61. The number of rotatable bonds is 6. The van der Waals surface area contributed by atoms with Gasteiger partial charge in [0.15, 0.2) is 0 Å². The maximum absolute atomic E-state index is 12.7. The summed E-state index contributed by atoms with van der Waals surface area (Å²) in [6, 6.07) is 4.79. The summed E-state index contributed by atoms with van der Waals surface area (Å²) in [4.78, 5) is 50.0. The molecule has 3 N–H and O–H groups in total. The van der Waals surface area contributed by atoms with Crippen LogP contribution in [0.25, 0.3) is 0 Å². The number of carbonyl (C=O) groups excluding carboxylic acids is 4. The minimum absolute atomic E-state index is 0.0103. The van der Waals surface area contributed by atoms with Crippen LogP contribution < -0.4 is 16.0 Å². The molecule has 1 aromatic carbocycles. The van der Waals surface area contributed by atoms with Gasteiger partial charge in [0.05, 0.1) is 17.3 Å². The quantitative estimate of drug-likeness (QED) is 0.614. The van der Waals surface area contributed by atoms with Crippen LogP contribution in [0.15, 0.2) is 18.2 Å². The highest BCUT2D eigenvalue weighted by Crippen LogP contribution is 2.33. The van der Waals surface area contributed by atoms with E-state index in [0.29, 0.717) is 23.6 Å². The SMILES string of the molecule is Cc1ccc(NC(=O)CNC(=O)CCN2C(=O)NC3(CCCCC3)C2=O)c(Cl)c1. The zero-order valence-corrected chi connectivity index (χ0v) is 17.1. The summed E-state index contributed by atoms with van der Waals surface area (Å²) in [6.07, 6.45) is 4.09. The van der Waals surface area contributed by atoms with Crippen molar-refractivity contribution in [2.45, 2.75) is 51.0 Å². The summed E-state index contributed by atoms with van der Waals surface area (Å²) in [6.45, 7) is 1.65. The van der Waals surface area contributed by atoms with Gasteiger partial charge in [-0.2, -0.15) is 0 Å². The number of hydrogen-bond donors (Lipinski definition) is 3. The van der Waals surface area contributed by atoms with Crippen molar-refractivity contribution in [3.63, 3.8) is 0 Å². The summed E-state index contributed by atoms with van der Waals surface area (Å²) in [5, 5.41) is 8.35. The zero-order chi connectivity index (χ0) is 21.0. The van der Waals surface area contributed by atoms with Crippen LogP contribution in [0.2, 0.25) is 5.02 Å². The Balaban J connectivity index is 1.44. The lowest BCUT2D eigenvalue weighted by molar-refractivity contribution is -0.133. The molecule has 3 rings (SSSR count). The molecule has 2 aliphatic rings. The number of urea groups is 1. The molecule has 1 aliphatic heterocycles. The predicted octanol–water partition coefficient (Wildman–Crippen LogP) is 2.35. The molecule has 2 fully saturated rings. The zero-order valence-electron chi connectivity index (χ0n) is 16.3. The lowest BCUT2D eigenvalue weighted by atomic mass is 9.82. The summed E-state index contributed by atoms with van der Waals surface area (Å²) >= 11 is 6.07. The van der Waals surface area contributed by atoms with E-state index >= 15 is 0 Å². The molecule has 1 saturated carbocycles. The van der Waals surface area contributed by atoms with Crippen LogP contribution in [0.4, 0.5) is 10.5 Å². The number of halogens is 1. The van der Waals surface area contributed by atoms with Crippen molar-refractivity contribution >= 4 is 41.0 Å². The monoisotopic (exact) mass is 420 g/mol. The average molecular weight is 421 g/mol. The molecular weight excluding hydrogens is 396 g/mol. The van der Waals surface area contributed by atoms with Gasteiger partial charge in [0.2, 0.25) is 11.8 Å². The predicted molar refractivity (Wildman–Crippen MR) is 109 cm³/mol. The van der Waals surface area contributed by atoms with Gasteiger partial charge in [-0.05, 0) is 37.5 Å². The minimum atomic E-state index is -0.793. The largest absolute Gasteiger partial charge is 0.347 e. The highest BCUT2D eigenvalue weighted by molar-refractivity contribution is 6.33. The lowest BCUT2D eigenvalue weighted by Crippen LogP contribution is -2.48. The number of nitrogens with zero attached hydrogens (tertiary/aromatic N) is 1. The van der Waals surface area contributed by atoms with Crippen molar-refractivity contribution in [1.82, 2.24) is 15.5 Å². The van der Waals surface area contributed by atoms with Gasteiger partial charge in [-0.25, -0.2) is 4.79 Å². The number of amides is 5. The van der Waals surface area contributed by atoms with E-state index < -0.39 is 23.4 Å². The fourth-order valence-electron chi connectivity index (χ4n) is 3.77. The third kappa shape index (κ3) is 4.87. The van der Waals surface area contributed by atoms with E-state index in [2.05, 4.69) is 16.0 Å². The van der Waals surface area contributed by atoms with Gasteiger partial charge in [-0.1, -0.05) is 36.9 Å². The fourth-order valence-corrected chi connectivity index (χ4v) is 4.05. The topological polar surface area (TPSA) is 108 Å². The van der Waals surface area contributed by atoms with Crippen molar-refractivity contribution in [1.29, 1.82) is 0 Å². The van der Waals surface area contributed by atoms with Crippen molar-refractivity contribution in [3.05, 3.63) is 28.8 Å². The van der Waals surface area contributed by atoms with Gasteiger partial charge >= 0.3 is 6.03 Å². The molecule has 0 aromatic heterocycles. The number of nitrogens with one attached hydrogen (secondary N) is 3. The second-order valence-electron chi connectivity index (χ2n) is 7.59. The molecule has 1 aliphatic carbocycles. The number of benzene rings is 1. The first kappa shape index (κ1) is 21.1. The lowest BCUT2D eigenvalue weighted by Gasteiger charge is -2.30. The molecule has 29 heavy (non-hydrogen) atoms. The molecule has 1 saturated heterocycles. The van der Waals surface area contributed by atoms with E-state index in [0.717, 1.165) is 29.7 Å². The molecule has 8 nitrogen and oxygen atoms in total. The molecule has 1 aromatic rings. The van der Waals surface area contributed by atoms with Gasteiger partial charge in [-0.3, -0.25) is 19.3 Å². The summed E-state index contributed by atoms with van der Waals surface area (Å²) in [5.41, 5.74) is 0.643. The van der Waals surface area contributed by atoms with Crippen molar-refractivity contribution < 1.29 is 19.2 Å². The van der Waals surface area contributed by atoms with Crippen LogP contribution in [0, 0.1) is 6.92 Å². The highest BCUT2D eigenvalue weighted by Gasteiger charge is 2.51. The van der Waals surface area contributed by atoms with E-state index in [1.54, 1.807) is 12.1 Å². The first-order valence-electron chi connectivity index (χ1n) is 9.77. The number of hydrogen-bond acceptors (Lipinski definition) is 4. The summed E-state index contributed by atoms with van der Waals surface area (Å²) in [7, 11) is 0. The molecule has 5 amide bonds. The third-order valence-electron chi connectivity index (χ3n) is 5.36. The summed E-state index contributed by atoms with van der Waals surface area (Å²) in [5.74, 6) is -1.08. The Morgan fingerprint density at radius 1 is 1.17 bits per heavy atom. The molecule has 0 unspecified atom stereocenters. The Labute approximate surface area is 174 Å². The smallest absolute Gasteiger partial charge is 0.325 e. The number of aryl methyl sites for hydroxylation is 1. The van der Waals surface area contributed by atoms with Crippen molar-refractivity contribution in [2.24, 2.45) is 0 Å². The molecule has 0 atom stereocenters. The van der Waals surface area contributed by atoms with E-state index in [4.69, 9.17) is 11.6 Å². The molecule has 1 heterocycles. The highest BCUT2D eigenvalue weighted by atomic mass is 35.5. The normalized spacial score (nSPS) is 17.9. The Kier molecular flexibility index (Phi) is 6.42. The summed E-state index contributed by atoms with van der Waals surface area (Å²) < 4.78 is 0. The average Bonchev–Trinajstić information content (AvgIpc) is 2.90. The van der Waals surface area contributed by atoms with E-state index in [9.17, 15) is 19.2 Å². The van der Waals surface area contributed by atoms with Crippen molar-refractivity contribution in [3.8, 4) is 0 Å². The standard InChI is InChI=1S/C20H25ClN4O4/c1-13-5-6-15(14(21)11-13)23-17(27)12-22-16(26)7-10-25-18(28)20(24-19(25)29)8-3-2-4-9-20/h5-6,11H,2-4,7-10,12H2,1H3,(H,22,26)(H,23,27)(H,24,29). The van der Waals surface area contributed by atoms with Crippen molar-refractivity contribution in [2.75, 3.05) is 18.4 Å². The van der Waals surface area contributed by atoms with Crippen LogP contribution in [0.5, 0.6) is 0 Å². The first-order chi connectivity index (χ1) is 13.8. The van der Waals surface area contributed by atoms with Crippen LogP contribution in [-0.4, -0.2) is 47.3 Å². The van der Waals surface area contributed by atoms with Gasteiger partial charge in [0.1, 0.15) is 5.54 Å². The Morgan fingerprint density at radius 3 is 2.59 bits per heavy atom. The third-order valence-corrected chi connectivity index (χ3v) is 5.67. The molecular formula is C20H25ClN4O4. The fraction of sp³-hybridized carbons (Fsp3) is 0.500. The second kappa shape index (κ2) is 8.82. The maximum atomic E-state index is 12.7. The molecule has 0 radical (unpaired) electrons. The molecule has 156 valence electrons. The number of imide groups is 1. The van der Waals surface area contributed by atoms with E-state index in [1.165, 1.54) is 0 Å². The van der Waals surface area contributed by atoms with Crippen LogP contribution in [-0.2, 0) is 14.4 Å². The van der Waals surface area contributed by atoms with Gasteiger partial charge in [0, 0.05) is 13.0 Å². The van der Waals surface area contributed by atoms with Crippen LogP contribution in [0.3, 0.4) is 0 Å². The number of anilines is 1. The van der Waals surface area contributed by atoms with Gasteiger partial charge < -0.3 is 16.0 Å². The Bertz CT molecular complexity index is 836. The van der Waals surface area contributed by atoms with Gasteiger partial charge in [0.25, 0.3) is 5.91 Å². The second-order valence-corrected chi connectivity index (χ2v) is 8.00. The molecule has 9 heteroatoms. The van der Waals surface area contributed by atoms with Gasteiger partial charge in [-0.15, -0.1) is 0 Å². The van der Waals surface area contributed by atoms with E-state index in [1.807, 2.05) is 13.0 Å². The minimum Gasteiger partial charge on any atom is -0.347 e. The van der Waals surface area contributed by atoms with Crippen LogP contribution in [0.1, 0.15) is 44.1 Å². The number of carbonyl (C=O) groups is 4. The first-order valence-corrected chi connectivity index (χ1v) is 10.2. The Morgan fingerprint density at radius 2 is 1.90 bits per heavy atom. The van der Waals surface area contributed by atoms with Crippen LogP contribution >= 0.6 is 11.6 Å².